The van der Waals surface area contributed by atoms with Crippen LogP contribution in [0.4, 0.5) is 13.2 Å². The van der Waals surface area contributed by atoms with Crippen LogP contribution in [0.1, 0.15) is 59.4 Å². The van der Waals surface area contributed by atoms with Gasteiger partial charge in [0.25, 0.3) is 0 Å². The van der Waals surface area contributed by atoms with E-state index in [-0.39, 0.29) is 11.3 Å². The lowest BCUT2D eigenvalue weighted by atomic mass is 9.64. The van der Waals surface area contributed by atoms with Crippen molar-refractivity contribution in [1.82, 2.24) is 0 Å². The van der Waals surface area contributed by atoms with Gasteiger partial charge in [-0.2, -0.15) is 13.2 Å². The average molecular weight is 395 g/mol. The molecule has 0 saturated heterocycles. The quantitative estimate of drug-likeness (QED) is 0.506. The molecule has 1 saturated carbocycles. The summed E-state index contributed by atoms with van der Waals surface area (Å²) in [4.78, 5) is 0. The van der Waals surface area contributed by atoms with Gasteiger partial charge in [-0.25, -0.2) is 0 Å². The SMILES string of the molecule is FC(F)(F)c1ccccc1C1CC2(CCC2)c2ccc(CBr)cc21. The van der Waals surface area contributed by atoms with Crippen molar-refractivity contribution in [2.75, 3.05) is 0 Å². The first kappa shape index (κ1) is 16.2. The van der Waals surface area contributed by atoms with E-state index in [1.54, 1.807) is 12.1 Å². The summed E-state index contributed by atoms with van der Waals surface area (Å²) in [5, 5.41) is 0.723. The van der Waals surface area contributed by atoms with Crippen molar-refractivity contribution < 1.29 is 13.2 Å². The zero-order chi connectivity index (χ0) is 16.9. The second kappa shape index (κ2) is 5.62. The number of hydrogen-bond acceptors (Lipinski definition) is 0. The first-order valence-electron chi connectivity index (χ1n) is 8.30. The molecule has 0 heterocycles. The lowest BCUT2D eigenvalue weighted by molar-refractivity contribution is -0.138. The van der Waals surface area contributed by atoms with Gasteiger partial charge in [0.05, 0.1) is 5.56 Å². The summed E-state index contributed by atoms with van der Waals surface area (Å²) in [6, 6.07) is 12.5. The molecule has 1 unspecified atom stereocenters. The van der Waals surface area contributed by atoms with Crippen molar-refractivity contribution in [1.29, 1.82) is 0 Å². The summed E-state index contributed by atoms with van der Waals surface area (Å²) in [5.74, 6) is -0.155. The van der Waals surface area contributed by atoms with Crippen LogP contribution in [0.15, 0.2) is 42.5 Å². The smallest absolute Gasteiger partial charge is 0.166 e. The van der Waals surface area contributed by atoms with Crippen molar-refractivity contribution in [2.45, 2.75) is 48.5 Å². The van der Waals surface area contributed by atoms with Gasteiger partial charge in [0.2, 0.25) is 0 Å². The molecule has 1 fully saturated rings. The summed E-state index contributed by atoms with van der Waals surface area (Å²) >= 11 is 3.47. The van der Waals surface area contributed by atoms with Gasteiger partial charge in [0, 0.05) is 11.2 Å². The predicted octanol–water partition coefficient (Wildman–Crippen LogP) is 6.56. The first-order chi connectivity index (χ1) is 11.4. The van der Waals surface area contributed by atoms with E-state index in [1.165, 1.54) is 24.1 Å². The second-order valence-corrected chi connectivity index (χ2v) is 7.59. The third-order valence-electron chi connectivity index (χ3n) is 5.76. The van der Waals surface area contributed by atoms with E-state index >= 15 is 0 Å². The highest BCUT2D eigenvalue weighted by Crippen LogP contribution is 2.59. The van der Waals surface area contributed by atoms with Crippen molar-refractivity contribution in [3.05, 3.63) is 70.3 Å². The highest BCUT2D eigenvalue weighted by molar-refractivity contribution is 9.08. The molecule has 2 aliphatic rings. The standard InChI is InChI=1S/C20H18BrF3/c21-12-13-6-7-17-15(10-13)16(11-19(17)8-3-9-19)14-4-1-2-5-18(14)20(22,23)24/h1-2,4-7,10,16H,3,8-9,11-12H2. The Kier molecular flexibility index (Phi) is 3.79. The molecule has 0 bridgehead atoms. The van der Waals surface area contributed by atoms with Gasteiger partial charge in [-0.15, -0.1) is 0 Å². The van der Waals surface area contributed by atoms with Crippen LogP contribution in [0.3, 0.4) is 0 Å². The van der Waals surface area contributed by atoms with Gasteiger partial charge in [-0.05, 0) is 53.0 Å². The molecule has 2 aromatic rings. The van der Waals surface area contributed by atoms with Gasteiger partial charge in [0.15, 0.2) is 0 Å². The van der Waals surface area contributed by atoms with Crippen molar-refractivity contribution in [3.8, 4) is 0 Å². The Balaban J connectivity index is 1.87. The molecule has 126 valence electrons. The molecule has 0 N–H and O–H groups in total. The van der Waals surface area contributed by atoms with E-state index in [1.807, 2.05) is 0 Å². The van der Waals surface area contributed by atoms with E-state index in [2.05, 4.69) is 34.1 Å². The van der Waals surface area contributed by atoms with Crippen LogP contribution in [-0.2, 0) is 16.9 Å². The Morgan fingerprint density at radius 3 is 2.42 bits per heavy atom. The highest BCUT2D eigenvalue weighted by atomic mass is 79.9. The maximum absolute atomic E-state index is 13.5. The van der Waals surface area contributed by atoms with Crippen molar-refractivity contribution >= 4 is 15.9 Å². The van der Waals surface area contributed by atoms with Crippen molar-refractivity contribution in [3.63, 3.8) is 0 Å². The average Bonchev–Trinajstić information content (AvgIpc) is 2.88. The first-order valence-corrected chi connectivity index (χ1v) is 9.42. The van der Waals surface area contributed by atoms with E-state index in [0.717, 1.165) is 35.7 Å². The minimum atomic E-state index is -4.31. The molecule has 0 aliphatic heterocycles. The van der Waals surface area contributed by atoms with Crippen LogP contribution in [0.5, 0.6) is 0 Å². The van der Waals surface area contributed by atoms with E-state index in [9.17, 15) is 13.2 Å². The molecular formula is C20H18BrF3. The Hall–Kier alpha value is -1.29. The lowest BCUT2D eigenvalue weighted by Gasteiger charge is -2.40. The van der Waals surface area contributed by atoms with Crippen molar-refractivity contribution in [2.24, 2.45) is 0 Å². The maximum atomic E-state index is 13.5. The van der Waals surface area contributed by atoms with Gasteiger partial charge >= 0.3 is 6.18 Å². The molecule has 1 atom stereocenters. The molecular weight excluding hydrogens is 377 g/mol. The molecule has 0 amide bonds. The summed E-state index contributed by atoms with van der Waals surface area (Å²) in [5.41, 5.74) is 3.55. The Morgan fingerprint density at radius 1 is 1.04 bits per heavy atom. The van der Waals surface area contributed by atoms with Gasteiger partial charge in [0.1, 0.15) is 0 Å². The lowest BCUT2D eigenvalue weighted by Crippen LogP contribution is -2.31. The number of alkyl halides is 4. The van der Waals surface area contributed by atoms with E-state index < -0.39 is 11.7 Å². The zero-order valence-corrected chi connectivity index (χ0v) is 14.8. The zero-order valence-electron chi connectivity index (χ0n) is 13.2. The third kappa shape index (κ3) is 2.42. The predicted molar refractivity (Wildman–Crippen MR) is 92.5 cm³/mol. The molecule has 4 rings (SSSR count). The minimum absolute atomic E-state index is 0.101. The Morgan fingerprint density at radius 2 is 1.79 bits per heavy atom. The molecule has 0 radical (unpaired) electrons. The topological polar surface area (TPSA) is 0 Å². The van der Waals surface area contributed by atoms with E-state index in [4.69, 9.17) is 0 Å². The normalized spacial score (nSPS) is 21.6. The van der Waals surface area contributed by atoms with Crippen LogP contribution < -0.4 is 0 Å². The Bertz CT molecular complexity index is 775. The monoisotopic (exact) mass is 394 g/mol. The summed E-state index contributed by atoms with van der Waals surface area (Å²) in [7, 11) is 0. The molecule has 4 heteroatoms. The highest BCUT2D eigenvalue weighted by Gasteiger charge is 2.49. The number of hydrogen-bond donors (Lipinski definition) is 0. The molecule has 2 aromatic carbocycles. The molecule has 24 heavy (non-hydrogen) atoms. The number of halogens is 4. The largest absolute Gasteiger partial charge is 0.416 e. The number of fused-ring (bicyclic) bond motifs is 2. The molecule has 2 aliphatic carbocycles. The minimum Gasteiger partial charge on any atom is -0.166 e. The maximum Gasteiger partial charge on any atom is 0.416 e. The fourth-order valence-electron chi connectivity index (χ4n) is 4.49. The summed E-state index contributed by atoms with van der Waals surface area (Å²) < 4.78 is 40.5. The fourth-order valence-corrected chi connectivity index (χ4v) is 4.84. The van der Waals surface area contributed by atoms with Gasteiger partial charge in [-0.1, -0.05) is 58.7 Å². The van der Waals surface area contributed by atoms with Crippen LogP contribution in [0.25, 0.3) is 0 Å². The molecule has 0 nitrogen and oxygen atoms in total. The summed E-state index contributed by atoms with van der Waals surface area (Å²) in [6.07, 6.45) is -0.135. The number of rotatable bonds is 2. The molecule has 1 spiro atoms. The van der Waals surface area contributed by atoms with Crippen LogP contribution in [0, 0.1) is 0 Å². The van der Waals surface area contributed by atoms with Crippen LogP contribution >= 0.6 is 15.9 Å². The second-order valence-electron chi connectivity index (χ2n) is 7.03. The van der Waals surface area contributed by atoms with Gasteiger partial charge < -0.3 is 0 Å². The summed E-state index contributed by atoms with van der Waals surface area (Å²) in [6.45, 7) is 0. The number of benzene rings is 2. The third-order valence-corrected chi connectivity index (χ3v) is 6.41. The molecule has 0 aromatic heterocycles. The van der Waals surface area contributed by atoms with Crippen LogP contribution in [-0.4, -0.2) is 0 Å². The fraction of sp³-hybridized carbons (Fsp3) is 0.400. The van der Waals surface area contributed by atoms with Crippen LogP contribution in [0.2, 0.25) is 0 Å². The van der Waals surface area contributed by atoms with E-state index in [0.29, 0.717) is 5.56 Å². The van der Waals surface area contributed by atoms with Gasteiger partial charge in [-0.3, -0.25) is 0 Å². The Labute approximate surface area is 148 Å².